The Morgan fingerprint density at radius 1 is 1.13 bits per heavy atom. The highest BCUT2D eigenvalue weighted by atomic mass is 35.5. The maximum Gasteiger partial charge on any atom is 0.254 e. The predicted molar refractivity (Wildman–Crippen MR) is 120 cm³/mol. The van der Waals surface area contributed by atoms with Crippen LogP contribution in [-0.2, 0) is 15.1 Å². The fourth-order valence-corrected chi connectivity index (χ4v) is 5.22. The molecule has 0 aliphatic carbocycles. The van der Waals surface area contributed by atoms with E-state index in [-0.39, 0.29) is 17.9 Å². The van der Waals surface area contributed by atoms with E-state index in [2.05, 4.69) is 10.2 Å². The molecule has 1 fully saturated rings. The zero-order valence-electron chi connectivity index (χ0n) is 16.7. The molecule has 1 unspecified atom stereocenters. The second kappa shape index (κ2) is 8.04. The minimum absolute atomic E-state index is 0.0222. The van der Waals surface area contributed by atoms with Gasteiger partial charge >= 0.3 is 0 Å². The largest absolute Gasteiger partial charge is 0.349 e. The van der Waals surface area contributed by atoms with Crippen LogP contribution in [0.1, 0.15) is 30.4 Å². The first kappa shape index (κ1) is 21.4. The van der Waals surface area contributed by atoms with E-state index < -0.39 is 5.54 Å². The van der Waals surface area contributed by atoms with Crippen LogP contribution in [0, 0.1) is 0 Å². The lowest BCUT2D eigenvalue weighted by Gasteiger charge is -2.41. The Bertz CT molecular complexity index is 1030. The highest BCUT2D eigenvalue weighted by Crippen LogP contribution is 2.51. The van der Waals surface area contributed by atoms with E-state index in [1.165, 1.54) is 0 Å². The SMILES string of the molecule is CN(C)C(=O)C[C@@H]1CCCN1C1(c2ccccc2Cl)C(=O)Nc2cc(Cl)c(Cl)cc21. The zero-order valence-corrected chi connectivity index (χ0v) is 19.0. The fraction of sp³-hybridized carbons (Fsp3) is 0.364. The number of carbonyl (C=O) groups is 2. The normalized spacial score (nSPS) is 23.4. The molecule has 0 aromatic heterocycles. The molecule has 2 aliphatic heterocycles. The molecule has 2 aliphatic rings. The van der Waals surface area contributed by atoms with Crippen molar-refractivity contribution >= 4 is 52.3 Å². The third-order valence-electron chi connectivity index (χ3n) is 6.01. The smallest absolute Gasteiger partial charge is 0.254 e. The van der Waals surface area contributed by atoms with Gasteiger partial charge in [0.25, 0.3) is 5.91 Å². The van der Waals surface area contributed by atoms with Crippen LogP contribution in [0.5, 0.6) is 0 Å². The monoisotopic (exact) mass is 465 g/mol. The number of carbonyl (C=O) groups excluding carboxylic acids is 2. The number of likely N-dealkylation sites (tertiary alicyclic amines) is 1. The van der Waals surface area contributed by atoms with Gasteiger partial charge in [0.1, 0.15) is 0 Å². The lowest BCUT2D eigenvalue weighted by molar-refractivity contribution is -0.132. The summed E-state index contributed by atoms with van der Waals surface area (Å²) in [6.07, 6.45) is 2.01. The summed E-state index contributed by atoms with van der Waals surface area (Å²) in [6, 6.07) is 10.6. The minimum Gasteiger partial charge on any atom is -0.349 e. The summed E-state index contributed by atoms with van der Waals surface area (Å²) < 4.78 is 0. The van der Waals surface area contributed by atoms with Crippen LogP contribution < -0.4 is 5.32 Å². The van der Waals surface area contributed by atoms with Crippen LogP contribution in [0.3, 0.4) is 0 Å². The Morgan fingerprint density at radius 2 is 1.83 bits per heavy atom. The molecule has 0 radical (unpaired) electrons. The summed E-state index contributed by atoms with van der Waals surface area (Å²) in [5.74, 6) is -0.192. The van der Waals surface area contributed by atoms with Crippen molar-refractivity contribution in [2.75, 3.05) is 26.0 Å². The first-order chi connectivity index (χ1) is 14.3. The van der Waals surface area contributed by atoms with Gasteiger partial charge in [-0.05, 0) is 31.0 Å². The molecule has 2 aromatic carbocycles. The maximum atomic E-state index is 13.7. The van der Waals surface area contributed by atoms with Crippen LogP contribution in [0.15, 0.2) is 36.4 Å². The molecule has 4 rings (SSSR count). The molecule has 2 atom stereocenters. The van der Waals surface area contributed by atoms with Crippen LogP contribution >= 0.6 is 34.8 Å². The molecule has 0 saturated carbocycles. The topological polar surface area (TPSA) is 52.7 Å². The van der Waals surface area contributed by atoms with E-state index in [1.54, 1.807) is 37.2 Å². The van der Waals surface area contributed by atoms with Crippen molar-refractivity contribution in [1.82, 2.24) is 9.80 Å². The van der Waals surface area contributed by atoms with Crippen molar-refractivity contribution in [3.05, 3.63) is 62.6 Å². The molecule has 1 saturated heterocycles. The number of halogens is 3. The zero-order chi connectivity index (χ0) is 21.6. The van der Waals surface area contributed by atoms with Crippen molar-refractivity contribution < 1.29 is 9.59 Å². The Kier molecular flexibility index (Phi) is 5.75. The van der Waals surface area contributed by atoms with Crippen molar-refractivity contribution in [2.24, 2.45) is 0 Å². The van der Waals surface area contributed by atoms with Gasteiger partial charge in [0.15, 0.2) is 5.54 Å². The van der Waals surface area contributed by atoms with E-state index in [0.717, 1.165) is 12.8 Å². The van der Waals surface area contributed by atoms with E-state index in [4.69, 9.17) is 34.8 Å². The highest BCUT2D eigenvalue weighted by Gasteiger charge is 2.56. The van der Waals surface area contributed by atoms with Crippen LogP contribution in [0.2, 0.25) is 15.1 Å². The van der Waals surface area contributed by atoms with Gasteiger partial charge < -0.3 is 10.2 Å². The summed E-state index contributed by atoms with van der Waals surface area (Å²) in [7, 11) is 3.48. The lowest BCUT2D eigenvalue weighted by Crippen LogP contribution is -2.54. The summed E-state index contributed by atoms with van der Waals surface area (Å²) in [5.41, 5.74) is 0.805. The average molecular weight is 467 g/mol. The number of hydrogen-bond donors (Lipinski definition) is 1. The number of anilines is 1. The van der Waals surface area contributed by atoms with Crippen molar-refractivity contribution in [3.63, 3.8) is 0 Å². The van der Waals surface area contributed by atoms with Gasteiger partial charge in [0.05, 0.1) is 10.0 Å². The van der Waals surface area contributed by atoms with Gasteiger partial charge in [0.2, 0.25) is 5.91 Å². The highest BCUT2D eigenvalue weighted by molar-refractivity contribution is 6.42. The van der Waals surface area contributed by atoms with Crippen LogP contribution in [-0.4, -0.2) is 48.3 Å². The molecule has 0 bridgehead atoms. The summed E-state index contributed by atoms with van der Waals surface area (Å²) in [5, 5.41) is 4.19. The maximum absolute atomic E-state index is 13.7. The third-order valence-corrected chi connectivity index (χ3v) is 7.06. The Morgan fingerprint density at radius 3 is 2.53 bits per heavy atom. The summed E-state index contributed by atoms with van der Waals surface area (Å²) >= 11 is 19.2. The van der Waals surface area contributed by atoms with Crippen molar-refractivity contribution in [2.45, 2.75) is 30.8 Å². The number of benzene rings is 2. The summed E-state index contributed by atoms with van der Waals surface area (Å²) in [4.78, 5) is 29.9. The number of nitrogens with one attached hydrogen (secondary N) is 1. The quantitative estimate of drug-likeness (QED) is 0.705. The molecule has 30 heavy (non-hydrogen) atoms. The Hall–Kier alpha value is -1.79. The predicted octanol–water partition coefficient (Wildman–Crippen LogP) is 4.79. The van der Waals surface area contributed by atoms with Gasteiger partial charge in [-0.1, -0.05) is 53.0 Å². The number of amides is 2. The van der Waals surface area contributed by atoms with Crippen LogP contribution in [0.25, 0.3) is 0 Å². The Balaban J connectivity index is 1.94. The average Bonchev–Trinajstić information content (AvgIpc) is 3.25. The number of hydrogen-bond acceptors (Lipinski definition) is 3. The minimum atomic E-state index is -1.18. The molecule has 2 heterocycles. The second-order valence-corrected chi connectivity index (χ2v) is 9.16. The van der Waals surface area contributed by atoms with E-state index in [0.29, 0.717) is 44.8 Å². The molecule has 0 spiro atoms. The molecule has 158 valence electrons. The molecule has 1 N–H and O–H groups in total. The third kappa shape index (κ3) is 3.28. The van der Waals surface area contributed by atoms with Gasteiger partial charge in [0, 0.05) is 54.9 Å². The Labute approximate surface area is 190 Å². The van der Waals surface area contributed by atoms with Gasteiger partial charge in [-0.15, -0.1) is 0 Å². The summed E-state index contributed by atoms with van der Waals surface area (Å²) in [6.45, 7) is 0.656. The number of rotatable bonds is 4. The van der Waals surface area contributed by atoms with E-state index in [1.807, 2.05) is 18.2 Å². The number of nitrogens with zero attached hydrogens (tertiary/aromatic N) is 2. The molecule has 2 amide bonds. The molecule has 5 nitrogen and oxygen atoms in total. The second-order valence-electron chi connectivity index (χ2n) is 7.94. The molecule has 2 aromatic rings. The van der Waals surface area contributed by atoms with Crippen LogP contribution in [0.4, 0.5) is 5.69 Å². The lowest BCUT2D eigenvalue weighted by atomic mass is 9.81. The van der Waals surface area contributed by atoms with Gasteiger partial charge in [-0.3, -0.25) is 14.5 Å². The van der Waals surface area contributed by atoms with Gasteiger partial charge in [-0.25, -0.2) is 0 Å². The van der Waals surface area contributed by atoms with Crippen molar-refractivity contribution in [1.29, 1.82) is 0 Å². The van der Waals surface area contributed by atoms with Gasteiger partial charge in [-0.2, -0.15) is 0 Å². The molecular weight excluding hydrogens is 445 g/mol. The fourth-order valence-electron chi connectivity index (χ4n) is 4.62. The van der Waals surface area contributed by atoms with E-state index in [9.17, 15) is 9.59 Å². The molecule has 8 heteroatoms. The standard InChI is InChI=1S/C22H22Cl3N3O2/c1-27(2)20(29)10-13-6-5-9-28(13)22(14-7-3-4-8-16(14)23)15-11-17(24)18(25)12-19(15)26-21(22)30/h3-4,7-8,11-13H,5-6,9-10H2,1-2H3,(H,26,30)/t13-,22?/m0/s1. The number of fused-ring (bicyclic) bond motifs is 1. The molecular formula is C22H22Cl3N3O2. The van der Waals surface area contributed by atoms with E-state index >= 15 is 0 Å². The first-order valence-electron chi connectivity index (χ1n) is 9.79. The first-order valence-corrected chi connectivity index (χ1v) is 10.9. The van der Waals surface area contributed by atoms with Crippen molar-refractivity contribution in [3.8, 4) is 0 Å².